The molecule has 0 aromatic carbocycles. The van der Waals surface area contributed by atoms with Crippen molar-refractivity contribution in [2.75, 3.05) is 26.2 Å². The summed E-state index contributed by atoms with van der Waals surface area (Å²) in [5, 5.41) is 13.5. The second kappa shape index (κ2) is 8.41. The van der Waals surface area contributed by atoms with Gasteiger partial charge in [0, 0.05) is 24.2 Å². The molecule has 0 bridgehead atoms. The first-order valence-corrected chi connectivity index (χ1v) is 7.14. The maximum atomic E-state index is 11.7. The highest BCUT2D eigenvalue weighted by atomic mass is 16.4. The van der Waals surface area contributed by atoms with E-state index in [1.54, 1.807) is 0 Å². The topological polar surface area (TPSA) is 98.7 Å². The number of piperidine rings is 1. The van der Waals surface area contributed by atoms with Gasteiger partial charge in [-0.15, -0.1) is 0 Å². The first-order valence-electron chi connectivity index (χ1n) is 7.14. The molecule has 7 nitrogen and oxygen atoms in total. The molecule has 1 heterocycles. The number of hydrogen-bond donors (Lipinski definition) is 3. The Labute approximate surface area is 124 Å². The molecule has 118 valence electrons. The van der Waals surface area contributed by atoms with E-state index >= 15 is 0 Å². The molecule has 21 heavy (non-hydrogen) atoms. The smallest absolute Gasteiger partial charge is 0.331 e. The van der Waals surface area contributed by atoms with Crippen LogP contribution in [-0.2, 0) is 9.59 Å². The number of aliphatic carboxylic acids is 1. The van der Waals surface area contributed by atoms with Gasteiger partial charge < -0.3 is 15.3 Å². The van der Waals surface area contributed by atoms with Crippen molar-refractivity contribution in [3.05, 3.63) is 11.1 Å². The molecule has 7 heteroatoms. The van der Waals surface area contributed by atoms with E-state index in [1.807, 2.05) is 0 Å². The first kappa shape index (κ1) is 17.2. The van der Waals surface area contributed by atoms with Gasteiger partial charge in [0.1, 0.15) is 0 Å². The summed E-state index contributed by atoms with van der Waals surface area (Å²) in [4.78, 5) is 36.2. The minimum absolute atomic E-state index is 0.0219. The molecule has 1 aliphatic heterocycles. The van der Waals surface area contributed by atoms with Crippen LogP contribution in [0.3, 0.4) is 0 Å². The number of nitrogens with zero attached hydrogens (tertiary/aromatic N) is 1. The monoisotopic (exact) mass is 297 g/mol. The maximum absolute atomic E-state index is 11.7. The van der Waals surface area contributed by atoms with Gasteiger partial charge in [0.25, 0.3) is 5.91 Å². The van der Waals surface area contributed by atoms with Crippen molar-refractivity contribution in [2.24, 2.45) is 0 Å². The molecule has 1 saturated heterocycles. The van der Waals surface area contributed by atoms with Gasteiger partial charge in [-0.25, -0.2) is 9.59 Å². The summed E-state index contributed by atoms with van der Waals surface area (Å²) >= 11 is 0. The zero-order valence-electron chi connectivity index (χ0n) is 12.6. The van der Waals surface area contributed by atoms with Crippen molar-refractivity contribution in [3.8, 4) is 0 Å². The fourth-order valence-corrected chi connectivity index (χ4v) is 2.08. The van der Waals surface area contributed by atoms with E-state index in [2.05, 4.69) is 15.5 Å². The van der Waals surface area contributed by atoms with E-state index in [-0.39, 0.29) is 11.1 Å². The number of imide groups is 1. The lowest BCUT2D eigenvalue weighted by molar-refractivity contribution is -0.133. The average molecular weight is 297 g/mol. The third-order valence-corrected chi connectivity index (χ3v) is 3.61. The molecule has 0 aromatic rings. The van der Waals surface area contributed by atoms with Crippen LogP contribution in [0.5, 0.6) is 0 Å². The molecule has 3 N–H and O–H groups in total. The number of nitrogens with one attached hydrogen (secondary N) is 2. The van der Waals surface area contributed by atoms with Gasteiger partial charge in [0.05, 0.1) is 0 Å². The van der Waals surface area contributed by atoms with Crippen LogP contribution in [0.15, 0.2) is 11.1 Å². The van der Waals surface area contributed by atoms with E-state index in [4.69, 9.17) is 5.11 Å². The maximum Gasteiger partial charge on any atom is 0.331 e. The third kappa shape index (κ3) is 5.95. The molecule has 0 spiro atoms. The normalized spacial score (nSPS) is 16.9. The Hall–Kier alpha value is -1.89. The van der Waals surface area contributed by atoms with Crippen LogP contribution < -0.4 is 10.6 Å². The van der Waals surface area contributed by atoms with E-state index < -0.39 is 17.9 Å². The third-order valence-electron chi connectivity index (χ3n) is 3.61. The highest BCUT2D eigenvalue weighted by molar-refractivity contribution is 6.07. The number of carbonyl (C=O) groups excluding carboxylic acids is 2. The van der Waals surface area contributed by atoms with Crippen molar-refractivity contribution in [2.45, 2.75) is 33.1 Å². The summed E-state index contributed by atoms with van der Waals surface area (Å²) in [5.41, 5.74) is -0.0534. The lowest BCUT2D eigenvalue weighted by atomic mass is 10.1. The van der Waals surface area contributed by atoms with Gasteiger partial charge in [0.2, 0.25) is 0 Å². The molecule has 3 amide bonds. The second-order valence-electron chi connectivity index (χ2n) is 5.17. The zero-order chi connectivity index (χ0) is 15.8. The van der Waals surface area contributed by atoms with Crippen LogP contribution >= 0.6 is 0 Å². The van der Waals surface area contributed by atoms with Gasteiger partial charge >= 0.3 is 12.0 Å². The summed E-state index contributed by atoms with van der Waals surface area (Å²) in [6.07, 6.45) is 3.62. The Morgan fingerprint density at radius 1 is 1.05 bits per heavy atom. The molecular weight excluding hydrogens is 274 g/mol. The van der Waals surface area contributed by atoms with Gasteiger partial charge in [0.15, 0.2) is 0 Å². The quantitative estimate of drug-likeness (QED) is 0.649. The molecule has 0 radical (unpaired) electrons. The summed E-state index contributed by atoms with van der Waals surface area (Å²) in [5.74, 6) is -1.86. The number of amides is 3. The fraction of sp³-hybridized carbons (Fsp3) is 0.643. The summed E-state index contributed by atoms with van der Waals surface area (Å²) in [6.45, 7) is 6.00. The summed E-state index contributed by atoms with van der Waals surface area (Å²) in [6, 6.07) is -0.602. The van der Waals surface area contributed by atoms with Gasteiger partial charge in [-0.1, -0.05) is 6.42 Å². The highest BCUT2D eigenvalue weighted by Crippen LogP contribution is 2.07. The standard InChI is InChI=1S/C14H23N3O4/c1-10(11(2)13(19)20)12(18)16-14(21)15-6-9-17-7-4-3-5-8-17/h3-9H2,1-2H3,(H,19,20)(H2,15,16,18,21). The molecule has 1 aliphatic rings. The molecule has 0 saturated carbocycles. The molecule has 0 unspecified atom stereocenters. The van der Waals surface area contributed by atoms with Crippen molar-refractivity contribution in [3.63, 3.8) is 0 Å². The average Bonchev–Trinajstić information content (AvgIpc) is 2.46. The lowest BCUT2D eigenvalue weighted by Crippen LogP contribution is -2.44. The molecular formula is C14H23N3O4. The summed E-state index contributed by atoms with van der Waals surface area (Å²) in [7, 11) is 0. The first-order chi connectivity index (χ1) is 9.91. The molecule has 0 aliphatic carbocycles. The molecule has 0 aromatic heterocycles. The Balaban J connectivity index is 2.31. The predicted molar refractivity (Wildman–Crippen MR) is 77.8 cm³/mol. The van der Waals surface area contributed by atoms with E-state index in [0.29, 0.717) is 6.54 Å². The summed E-state index contributed by atoms with van der Waals surface area (Å²) < 4.78 is 0. The molecule has 1 fully saturated rings. The van der Waals surface area contributed by atoms with Crippen molar-refractivity contribution >= 4 is 17.9 Å². The Bertz CT molecular complexity index is 440. The number of carboxylic acids is 1. The van der Waals surface area contributed by atoms with E-state index in [0.717, 1.165) is 19.6 Å². The van der Waals surface area contributed by atoms with Crippen molar-refractivity contribution < 1.29 is 19.5 Å². The van der Waals surface area contributed by atoms with Crippen LogP contribution in [-0.4, -0.2) is 54.1 Å². The number of rotatable bonds is 5. The van der Waals surface area contributed by atoms with Crippen LogP contribution in [0.25, 0.3) is 0 Å². The minimum atomic E-state index is -1.17. The fourth-order valence-electron chi connectivity index (χ4n) is 2.08. The zero-order valence-corrected chi connectivity index (χ0v) is 12.6. The van der Waals surface area contributed by atoms with E-state index in [1.165, 1.54) is 33.1 Å². The lowest BCUT2D eigenvalue weighted by Gasteiger charge is -2.26. The Morgan fingerprint density at radius 3 is 2.24 bits per heavy atom. The Kier molecular flexibility index (Phi) is 6.87. The second-order valence-corrected chi connectivity index (χ2v) is 5.17. The number of hydrogen-bond acceptors (Lipinski definition) is 4. The number of likely N-dealkylation sites (tertiary alicyclic amines) is 1. The minimum Gasteiger partial charge on any atom is -0.478 e. The van der Waals surface area contributed by atoms with Crippen LogP contribution in [0.4, 0.5) is 4.79 Å². The van der Waals surface area contributed by atoms with Gasteiger partial charge in [-0.05, 0) is 39.8 Å². The van der Waals surface area contributed by atoms with Crippen LogP contribution in [0, 0.1) is 0 Å². The molecule has 1 rings (SSSR count). The number of carbonyl (C=O) groups is 3. The Morgan fingerprint density at radius 2 is 1.67 bits per heavy atom. The van der Waals surface area contributed by atoms with Crippen molar-refractivity contribution in [1.82, 2.24) is 15.5 Å². The van der Waals surface area contributed by atoms with Crippen molar-refractivity contribution in [1.29, 1.82) is 0 Å². The van der Waals surface area contributed by atoms with E-state index in [9.17, 15) is 14.4 Å². The molecule has 0 atom stereocenters. The van der Waals surface area contributed by atoms with Crippen LogP contribution in [0.2, 0.25) is 0 Å². The van der Waals surface area contributed by atoms with Gasteiger partial charge in [-0.2, -0.15) is 0 Å². The number of urea groups is 1. The largest absolute Gasteiger partial charge is 0.478 e. The number of carboxylic acid groups (broad SMARTS) is 1. The SMILES string of the molecule is CC(C(=O)O)=C(C)C(=O)NC(=O)NCCN1CCCCC1. The van der Waals surface area contributed by atoms with Gasteiger partial charge in [-0.3, -0.25) is 10.1 Å². The highest BCUT2D eigenvalue weighted by Gasteiger charge is 2.15. The van der Waals surface area contributed by atoms with Crippen LogP contribution in [0.1, 0.15) is 33.1 Å². The predicted octanol–water partition coefficient (Wildman–Crippen LogP) is 0.719.